The van der Waals surface area contributed by atoms with Crippen LogP contribution < -0.4 is 0 Å². The van der Waals surface area contributed by atoms with E-state index in [1.54, 1.807) is 6.07 Å². The topological polar surface area (TPSA) is 58.0 Å². The molecule has 2 unspecified atom stereocenters. The van der Waals surface area contributed by atoms with Gasteiger partial charge in [-0.05, 0) is 30.5 Å². The van der Waals surface area contributed by atoms with Gasteiger partial charge in [0, 0.05) is 18.0 Å². The first-order valence-electron chi connectivity index (χ1n) is 8.26. The molecule has 150 valence electrons. The molecule has 4 rings (SSSR count). The number of hydrogen-bond acceptors (Lipinski definition) is 5. The molecule has 1 spiro atoms. The van der Waals surface area contributed by atoms with Gasteiger partial charge in [-0.2, -0.15) is 22.0 Å². The van der Waals surface area contributed by atoms with Gasteiger partial charge in [0.15, 0.2) is 11.6 Å². The fraction of sp³-hybridized carbons (Fsp3) is 0.412. The standard InChI is InChI=1S/C17H13ClF5N3O2/c18-13-12-9(2-4-24-13)16(3-1-10(12)27)7-26-6-8(17(21,22)23)5-11(14(26)25-16)28-15(19)20/h2,4-6,10,15,27H,1,3,7H2. The van der Waals surface area contributed by atoms with Gasteiger partial charge in [-0.25, -0.2) is 4.98 Å². The molecule has 1 aromatic rings. The molecular formula is C17H13ClF5N3O2. The van der Waals surface area contributed by atoms with Crippen LogP contribution in [-0.2, 0) is 10.3 Å². The van der Waals surface area contributed by atoms with Gasteiger partial charge in [-0.15, -0.1) is 0 Å². The number of fused-ring (bicyclic) bond motifs is 3. The molecule has 0 amide bonds. The Kier molecular flexibility index (Phi) is 4.38. The lowest BCUT2D eigenvalue weighted by Crippen LogP contribution is -2.37. The molecule has 2 atom stereocenters. The molecule has 5 nitrogen and oxygen atoms in total. The van der Waals surface area contributed by atoms with Gasteiger partial charge < -0.3 is 14.7 Å². The first-order chi connectivity index (χ1) is 13.1. The van der Waals surface area contributed by atoms with Crippen molar-refractivity contribution in [3.63, 3.8) is 0 Å². The second kappa shape index (κ2) is 6.41. The number of ether oxygens (including phenoxy) is 1. The fourth-order valence-corrected chi connectivity index (χ4v) is 4.10. The van der Waals surface area contributed by atoms with Crippen LogP contribution in [-0.4, -0.2) is 40.2 Å². The van der Waals surface area contributed by atoms with Crippen molar-refractivity contribution in [2.45, 2.75) is 37.3 Å². The van der Waals surface area contributed by atoms with Crippen molar-refractivity contribution in [3.05, 3.63) is 52.2 Å². The SMILES string of the molecule is OC1CCC2(CN3C=C(C(F)(F)F)C=C(OC(F)F)C3=N2)c2ccnc(Cl)c21. The number of aliphatic imine (C=N–C) groups is 1. The Labute approximate surface area is 160 Å². The van der Waals surface area contributed by atoms with Crippen molar-refractivity contribution in [2.75, 3.05) is 6.54 Å². The summed E-state index contributed by atoms with van der Waals surface area (Å²) in [5.41, 5.74) is -1.33. The lowest BCUT2D eigenvalue weighted by molar-refractivity contribution is -0.0981. The highest BCUT2D eigenvalue weighted by Gasteiger charge is 2.49. The summed E-state index contributed by atoms with van der Waals surface area (Å²) in [4.78, 5) is 9.56. The minimum absolute atomic E-state index is 0.0358. The summed E-state index contributed by atoms with van der Waals surface area (Å²) in [6, 6.07) is 1.58. The number of nitrogens with zero attached hydrogens (tertiary/aromatic N) is 3. The highest BCUT2D eigenvalue weighted by molar-refractivity contribution is 6.30. The second-order valence-corrected chi connectivity index (χ2v) is 7.04. The normalized spacial score (nSPS) is 26.6. The molecule has 28 heavy (non-hydrogen) atoms. The van der Waals surface area contributed by atoms with E-state index in [1.165, 1.54) is 6.20 Å². The summed E-state index contributed by atoms with van der Waals surface area (Å²) in [5.74, 6) is -0.780. The van der Waals surface area contributed by atoms with Crippen molar-refractivity contribution < 1.29 is 31.8 Å². The van der Waals surface area contributed by atoms with Gasteiger partial charge in [-0.1, -0.05) is 11.6 Å². The van der Waals surface area contributed by atoms with Gasteiger partial charge in [0.1, 0.15) is 10.7 Å². The van der Waals surface area contributed by atoms with Crippen LogP contribution in [0.15, 0.2) is 40.9 Å². The quantitative estimate of drug-likeness (QED) is 0.578. The predicted molar refractivity (Wildman–Crippen MR) is 88.6 cm³/mol. The smallest absolute Gasteiger partial charge is 0.417 e. The van der Waals surface area contributed by atoms with Gasteiger partial charge in [0.05, 0.1) is 18.2 Å². The maximum absolute atomic E-state index is 13.2. The van der Waals surface area contributed by atoms with Gasteiger partial charge in [0.25, 0.3) is 0 Å². The number of aromatic nitrogens is 1. The van der Waals surface area contributed by atoms with Crippen LogP contribution in [0.2, 0.25) is 5.15 Å². The molecule has 2 aliphatic heterocycles. The number of alkyl halides is 5. The third kappa shape index (κ3) is 3.04. The van der Waals surface area contributed by atoms with E-state index in [0.717, 1.165) is 11.1 Å². The third-order valence-corrected chi connectivity index (χ3v) is 5.28. The number of allylic oxidation sites excluding steroid dienone is 2. The Balaban J connectivity index is 1.83. The minimum atomic E-state index is -4.74. The van der Waals surface area contributed by atoms with E-state index < -0.39 is 35.8 Å². The van der Waals surface area contributed by atoms with Crippen LogP contribution in [0.3, 0.4) is 0 Å². The zero-order valence-corrected chi connectivity index (χ0v) is 14.8. The average Bonchev–Trinajstić information content (AvgIpc) is 2.97. The molecule has 0 aromatic carbocycles. The molecule has 3 heterocycles. The molecular weight excluding hydrogens is 409 g/mol. The van der Waals surface area contributed by atoms with E-state index in [-0.39, 0.29) is 24.0 Å². The lowest BCUT2D eigenvalue weighted by atomic mass is 9.76. The van der Waals surface area contributed by atoms with Crippen LogP contribution in [0.4, 0.5) is 22.0 Å². The highest BCUT2D eigenvalue weighted by Crippen LogP contribution is 2.49. The Morgan fingerprint density at radius 1 is 1.36 bits per heavy atom. The molecule has 1 aromatic heterocycles. The zero-order chi connectivity index (χ0) is 20.3. The molecule has 1 N–H and O–H groups in total. The van der Waals surface area contributed by atoms with Crippen LogP contribution in [0.25, 0.3) is 0 Å². The lowest BCUT2D eigenvalue weighted by Gasteiger charge is -2.36. The number of halogens is 6. The first kappa shape index (κ1) is 19.1. The summed E-state index contributed by atoms with van der Waals surface area (Å²) < 4.78 is 69.5. The summed E-state index contributed by atoms with van der Waals surface area (Å²) >= 11 is 6.10. The van der Waals surface area contributed by atoms with Crippen LogP contribution in [0.5, 0.6) is 0 Å². The monoisotopic (exact) mass is 421 g/mol. The van der Waals surface area contributed by atoms with Crippen molar-refractivity contribution in [2.24, 2.45) is 4.99 Å². The number of pyridine rings is 1. The number of amidine groups is 1. The zero-order valence-electron chi connectivity index (χ0n) is 14.1. The summed E-state index contributed by atoms with van der Waals surface area (Å²) in [6.45, 7) is -3.34. The van der Waals surface area contributed by atoms with Crippen molar-refractivity contribution in [1.82, 2.24) is 9.88 Å². The first-order valence-corrected chi connectivity index (χ1v) is 8.64. The second-order valence-electron chi connectivity index (χ2n) is 6.68. The van der Waals surface area contributed by atoms with Crippen LogP contribution in [0, 0.1) is 0 Å². The molecule has 0 fully saturated rings. The van der Waals surface area contributed by atoms with E-state index in [0.29, 0.717) is 23.6 Å². The molecule has 3 aliphatic rings. The fourth-order valence-electron chi connectivity index (χ4n) is 3.82. The van der Waals surface area contributed by atoms with Crippen molar-refractivity contribution >= 4 is 17.4 Å². The number of hydrogen-bond donors (Lipinski definition) is 1. The van der Waals surface area contributed by atoms with Crippen molar-refractivity contribution in [3.8, 4) is 0 Å². The van der Waals surface area contributed by atoms with E-state index in [9.17, 15) is 27.1 Å². The Bertz CT molecular complexity index is 915. The summed E-state index contributed by atoms with van der Waals surface area (Å²) in [6.07, 6.45) is -2.37. The van der Waals surface area contributed by atoms with Crippen LogP contribution in [0.1, 0.15) is 30.1 Å². The van der Waals surface area contributed by atoms with Crippen molar-refractivity contribution in [1.29, 1.82) is 0 Å². The minimum Gasteiger partial charge on any atom is -0.431 e. The highest BCUT2D eigenvalue weighted by atomic mass is 35.5. The van der Waals surface area contributed by atoms with E-state index in [4.69, 9.17) is 11.6 Å². The number of aliphatic hydroxyl groups excluding tert-OH is 1. The summed E-state index contributed by atoms with van der Waals surface area (Å²) in [5, 5.41) is 10.4. The molecule has 0 bridgehead atoms. The van der Waals surface area contributed by atoms with Crippen LogP contribution >= 0.6 is 11.6 Å². The molecule has 1 aliphatic carbocycles. The van der Waals surface area contributed by atoms with Gasteiger partial charge in [-0.3, -0.25) is 4.99 Å². The van der Waals surface area contributed by atoms with E-state index in [1.807, 2.05) is 0 Å². The van der Waals surface area contributed by atoms with E-state index in [2.05, 4.69) is 14.7 Å². The van der Waals surface area contributed by atoms with Gasteiger partial charge >= 0.3 is 12.8 Å². The third-order valence-electron chi connectivity index (χ3n) is 4.98. The number of aliphatic hydroxyl groups is 1. The molecule has 0 radical (unpaired) electrons. The molecule has 0 saturated carbocycles. The molecule has 11 heteroatoms. The number of rotatable bonds is 2. The van der Waals surface area contributed by atoms with E-state index >= 15 is 0 Å². The Hall–Kier alpha value is -2.20. The Morgan fingerprint density at radius 2 is 2.11 bits per heavy atom. The molecule has 0 saturated heterocycles. The van der Waals surface area contributed by atoms with Gasteiger partial charge in [0.2, 0.25) is 0 Å². The maximum Gasteiger partial charge on any atom is 0.417 e. The summed E-state index contributed by atoms with van der Waals surface area (Å²) in [7, 11) is 0. The maximum atomic E-state index is 13.2. The Morgan fingerprint density at radius 3 is 2.79 bits per heavy atom. The predicted octanol–water partition coefficient (Wildman–Crippen LogP) is 4.05. The average molecular weight is 422 g/mol. The largest absolute Gasteiger partial charge is 0.431 e.